The van der Waals surface area contributed by atoms with E-state index in [0.29, 0.717) is 0 Å². The lowest BCUT2D eigenvalue weighted by atomic mass is 9.93. The number of nitrogens with zero attached hydrogens (tertiary/aromatic N) is 1. The third-order valence-electron chi connectivity index (χ3n) is 2.59. The summed E-state index contributed by atoms with van der Waals surface area (Å²) in [5.41, 5.74) is 10.1. The first-order valence-corrected chi connectivity index (χ1v) is 5.27. The maximum Gasteiger partial charge on any atom is 0.337 e. The molecule has 98 valence electrons. The molecular formula is C11H16N4O3. The third-order valence-corrected chi connectivity index (χ3v) is 2.59. The average Bonchev–Trinajstić information content (AvgIpc) is 2.27. The van der Waals surface area contributed by atoms with Crippen molar-refractivity contribution in [3.05, 3.63) is 17.8 Å². The number of aromatic nitrogens is 1. The van der Waals surface area contributed by atoms with E-state index >= 15 is 0 Å². The number of carboxylic acids is 1. The van der Waals surface area contributed by atoms with Crippen LogP contribution in [0.3, 0.4) is 0 Å². The summed E-state index contributed by atoms with van der Waals surface area (Å²) in [6.07, 6.45) is 1.33. The molecule has 7 nitrogen and oxygen atoms in total. The molecule has 7 heteroatoms. The van der Waals surface area contributed by atoms with Gasteiger partial charge < -0.3 is 21.9 Å². The van der Waals surface area contributed by atoms with Crippen molar-refractivity contribution in [2.75, 3.05) is 17.6 Å². The number of nitrogens with one attached hydrogen (secondary N) is 1. The lowest BCUT2D eigenvalue weighted by Crippen LogP contribution is -2.37. The highest BCUT2D eigenvalue weighted by Crippen LogP contribution is 2.22. The number of anilines is 2. The smallest absolute Gasteiger partial charge is 0.337 e. The fourth-order valence-electron chi connectivity index (χ4n) is 1.19. The predicted molar refractivity (Wildman–Crippen MR) is 67.1 cm³/mol. The monoisotopic (exact) mass is 252 g/mol. The Morgan fingerprint density at radius 2 is 2.11 bits per heavy atom. The summed E-state index contributed by atoms with van der Waals surface area (Å²) in [5.74, 6) is -1.38. The molecule has 0 aliphatic rings. The largest absolute Gasteiger partial charge is 0.478 e. The van der Waals surface area contributed by atoms with Gasteiger partial charge in [0, 0.05) is 12.7 Å². The van der Waals surface area contributed by atoms with Gasteiger partial charge in [0.1, 0.15) is 5.82 Å². The molecule has 0 radical (unpaired) electrons. The van der Waals surface area contributed by atoms with E-state index < -0.39 is 17.3 Å². The van der Waals surface area contributed by atoms with Gasteiger partial charge in [0.05, 0.1) is 16.7 Å². The van der Waals surface area contributed by atoms with Crippen LogP contribution in [0.5, 0.6) is 0 Å². The Morgan fingerprint density at radius 3 is 2.61 bits per heavy atom. The molecule has 18 heavy (non-hydrogen) atoms. The molecule has 1 amide bonds. The van der Waals surface area contributed by atoms with Gasteiger partial charge >= 0.3 is 5.97 Å². The van der Waals surface area contributed by atoms with Gasteiger partial charge in [0.2, 0.25) is 5.91 Å². The summed E-state index contributed by atoms with van der Waals surface area (Å²) in [6, 6.07) is 1.31. The van der Waals surface area contributed by atoms with Gasteiger partial charge in [0.25, 0.3) is 0 Å². The van der Waals surface area contributed by atoms with Gasteiger partial charge in [-0.05, 0) is 19.9 Å². The van der Waals surface area contributed by atoms with Crippen LogP contribution in [0.25, 0.3) is 0 Å². The number of carbonyl (C=O) groups excluding carboxylic acids is 1. The van der Waals surface area contributed by atoms with Crippen LogP contribution in [0.4, 0.5) is 11.5 Å². The van der Waals surface area contributed by atoms with E-state index in [-0.39, 0.29) is 23.6 Å². The first-order chi connectivity index (χ1) is 8.25. The molecule has 1 rings (SSSR count). The Labute approximate surface area is 104 Å². The number of hydrogen-bond donors (Lipinski definition) is 4. The maximum absolute atomic E-state index is 11.1. The van der Waals surface area contributed by atoms with Crippen LogP contribution in [0.2, 0.25) is 0 Å². The summed E-state index contributed by atoms with van der Waals surface area (Å²) >= 11 is 0. The highest BCUT2D eigenvalue weighted by molar-refractivity contribution is 5.96. The third kappa shape index (κ3) is 2.88. The van der Waals surface area contributed by atoms with Crippen molar-refractivity contribution in [2.45, 2.75) is 13.8 Å². The molecular weight excluding hydrogens is 236 g/mol. The quantitative estimate of drug-likeness (QED) is 0.595. The summed E-state index contributed by atoms with van der Waals surface area (Å²) in [6.45, 7) is 3.54. The summed E-state index contributed by atoms with van der Waals surface area (Å²) in [7, 11) is 0. The molecule has 0 saturated carbocycles. The highest BCUT2D eigenvalue weighted by atomic mass is 16.4. The van der Waals surface area contributed by atoms with Crippen molar-refractivity contribution in [1.29, 1.82) is 0 Å². The lowest BCUT2D eigenvalue weighted by Gasteiger charge is -2.21. The van der Waals surface area contributed by atoms with E-state index in [1.807, 2.05) is 0 Å². The minimum absolute atomic E-state index is 0.0327. The molecule has 0 unspecified atom stereocenters. The zero-order chi connectivity index (χ0) is 13.9. The normalized spacial score (nSPS) is 11.0. The number of carbonyl (C=O) groups is 2. The molecule has 1 aromatic heterocycles. The SMILES string of the molecule is CC(C)(CNc1nccc(C(=O)O)c1N)C(N)=O. The predicted octanol–water partition coefficient (Wildman–Crippen LogP) is 0.285. The van der Waals surface area contributed by atoms with Gasteiger partial charge in [0.15, 0.2) is 0 Å². The van der Waals surface area contributed by atoms with Gasteiger partial charge in [-0.3, -0.25) is 4.79 Å². The molecule has 0 fully saturated rings. The molecule has 1 aromatic rings. The topological polar surface area (TPSA) is 131 Å². The van der Waals surface area contributed by atoms with Gasteiger partial charge in [-0.25, -0.2) is 9.78 Å². The minimum Gasteiger partial charge on any atom is -0.478 e. The van der Waals surface area contributed by atoms with Crippen molar-refractivity contribution in [3.8, 4) is 0 Å². The molecule has 0 aliphatic heterocycles. The minimum atomic E-state index is -1.13. The lowest BCUT2D eigenvalue weighted by molar-refractivity contribution is -0.125. The summed E-state index contributed by atoms with van der Waals surface area (Å²) in [4.78, 5) is 25.9. The maximum atomic E-state index is 11.1. The number of nitrogen functional groups attached to an aromatic ring is 1. The zero-order valence-corrected chi connectivity index (χ0v) is 10.2. The number of primary amides is 1. The Bertz CT molecular complexity index is 485. The van der Waals surface area contributed by atoms with Crippen LogP contribution < -0.4 is 16.8 Å². The molecule has 0 atom stereocenters. The van der Waals surface area contributed by atoms with Crippen LogP contribution in [0.1, 0.15) is 24.2 Å². The molecule has 6 N–H and O–H groups in total. The second-order valence-electron chi connectivity index (χ2n) is 4.53. The van der Waals surface area contributed by atoms with Gasteiger partial charge in [-0.2, -0.15) is 0 Å². The fraction of sp³-hybridized carbons (Fsp3) is 0.364. The summed E-state index contributed by atoms with van der Waals surface area (Å²) < 4.78 is 0. The Kier molecular flexibility index (Phi) is 3.75. The molecule has 0 bridgehead atoms. The zero-order valence-electron chi connectivity index (χ0n) is 10.2. The number of hydrogen-bond acceptors (Lipinski definition) is 5. The van der Waals surface area contributed by atoms with E-state index in [1.54, 1.807) is 13.8 Å². The Balaban J connectivity index is 2.90. The molecule has 1 heterocycles. The van der Waals surface area contributed by atoms with Crippen molar-refractivity contribution < 1.29 is 14.7 Å². The number of aromatic carboxylic acids is 1. The van der Waals surface area contributed by atoms with Crippen molar-refractivity contribution in [3.63, 3.8) is 0 Å². The Hall–Kier alpha value is -2.31. The van der Waals surface area contributed by atoms with Gasteiger partial charge in [-0.15, -0.1) is 0 Å². The summed E-state index contributed by atoms with van der Waals surface area (Å²) in [5, 5.41) is 11.7. The van der Waals surface area contributed by atoms with E-state index in [1.165, 1.54) is 12.3 Å². The first-order valence-electron chi connectivity index (χ1n) is 5.27. The second-order valence-corrected chi connectivity index (χ2v) is 4.53. The molecule has 0 aromatic carbocycles. The van der Waals surface area contributed by atoms with Crippen LogP contribution in [-0.4, -0.2) is 28.5 Å². The average molecular weight is 252 g/mol. The highest BCUT2D eigenvalue weighted by Gasteiger charge is 2.25. The molecule has 0 saturated heterocycles. The van der Waals surface area contributed by atoms with Crippen LogP contribution in [-0.2, 0) is 4.79 Å². The fourth-order valence-corrected chi connectivity index (χ4v) is 1.19. The molecule has 0 aliphatic carbocycles. The van der Waals surface area contributed by atoms with Crippen molar-refractivity contribution in [1.82, 2.24) is 4.98 Å². The number of rotatable bonds is 5. The van der Waals surface area contributed by atoms with Crippen molar-refractivity contribution >= 4 is 23.4 Å². The van der Waals surface area contributed by atoms with Crippen LogP contribution in [0.15, 0.2) is 12.3 Å². The van der Waals surface area contributed by atoms with E-state index in [2.05, 4.69) is 10.3 Å². The number of nitrogens with two attached hydrogens (primary N) is 2. The number of amides is 1. The standard InChI is InChI=1S/C11H16N4O3/c1-11(2,10(13)18)5-15-8-7(12)6(9(16)17)3-4-14-8/h3-4H,5,12H2,1-2H3,(H2,13,18)(H,14,15)(H,16,17). The van der Waals surface area contributed by atoms with E-state index in [9.17, 15) is 9.59 Å². The van der Waals surface area contributed by atoms with Crippen molar-refractivity contribution in [2.24, 2.45) is 11.1 Å². The van der Waals surface area contributed by atoms with Gasteiger partial charge in [-0.1, -0.05) is 0 Å². The second kappa shape index (κ2) is 4.91. The first kappa shape index (κ1) is 13.8. The molecule has 0 spiro atoms. The van der Waals surface area contributed by atoms with Crippen LogP contribution >= 0.6 is 0 Å². The van der Waals surface area contributed by atoms with E-state index in [4.69, 9.17) is 16.6 Å². The number of carboxylic acid groups (broad SMARTS) is 1. The Morgan fingerprint density at radius 1 is 1.50 bits per heavy atom. The van der Waals surface area contributed by atoms with Crippen LogP contribution in [0, 0.1) is 5.41 Å². The van der Waals surface area contributed by atoms with E-state index in [0.717, 1.165) is 0 Å². The number of pyridine rings is 1.